The predicted molar refractivity (Wildman–Crippen MR) is 84.2 cm³/mol. The summed E-state index contributed by atoms with van der Waals surface area (Å²) in [4.78, 5) is 18.5. The molecule has 0 saturated carbocycles. The van der Waals surface area contributed by atoms with Crippen molar-refractivity contribution in [1.82, 2.24) is 14.5 Å². The van der Waals surface area contributed by atoms with Gasteiger partial charge in [-0.25, -0.2) is 4.98 Å². The number of hydrogen-bond donors (Lipinski definition) is 1. The molecule has 5 nitrogen and oxygen atoms in total. The maximum absolute atomic E-state index is 12.2. The molecule has 0 spiro atoms. The molecule has 2 heterocycles. The van der Waals surface area contributed by atoms with Crippen LogP contribution in [0.25, 0.3) is 11.0 Å². The largest absolute Gasteiger partial charge is 0.369 e. The lowest BCUT2D eigenvalue weighted by molar-refractivity contribution is -0.132. The first-order valence-corrected chi connectivity index (χ1v) is 7.72. The highest BCUT2D eigenvalue weighted by Crippen LogP contribution is 2.26. The number of nitrogens with two attached hydrogens (primary N) is 1. The van der Waals surface area contributed by atoms with Gasteiger partial charge < -0.3 is 15.2 Å². The fourth-order valence-corrected chi connectivity index (χ4v) is 3.17. The zero-order chi connectivity index (χ0) is 14.8. The number of amides is 1. The van der Waals surface area contributed by atoms with Gasteiger partial charge in [0, 0.05) is 26.1 Å². The summed E-state index contributed by atoms with van der Waals surface area (Å²) in [6.45, 7) is 2.26. The summed E-state index contributed by atoms with van der Waals surface area (Å²) in [5.74, 6) is 0.590. The normalized spacial score (nSPS) is 15.6. The number of nitrogen functional groups attached to an aromatic ring is 1. The maximum Gasteiger partial charge on any atom is 0.224 e. The number of nitrogens with zero attached hydrogens (tertiary/aromatic N) is 3. The van der Waals surface area contributed by atoms with Gasteiger partial charge in [0.1, 0.15) is 0 Å². The molecule has 112 valence electrons. The molecule has 2 aromatic rings. The van der Waals surface area contributed by atoms with E-state index >= 15 is 0 Å². The summed E-state index contributed by atoms with van der Waals surface area (Å²) in [5.41, 5.74) is 7.53. The van der Waals surface area contributed by atoms with Crippen molar-refractivity contribution in [1.29, 1.82) is 0 Å². The molecule has 1 fully saturated rings. The van der Waals surface area contributed by atoms with E-state index in [0.29, 0.717) is 23.9 Å². The fraction of sp³-hybridized carbons (Fsp3) is 0.467. The first-order valence-electron chi connectivity index (χ1n) is 7.35. The molecule has 0 atom stereocenters. The lowest BCUT2D eigenvalue weighted by Crippen LogP contribution is -2.36. The van der Waals surface area contributed by atoms with E-state index in [4.69, 9.17) is 17.3 Å². The summed E-state index contributed by atoms with van der Waals surface area (Å²) in [6, 6.07) is 5.54. The third-order valence-corrected chi connectivity index (χ3v) is 4.31. The summed E-state index contributed by atoms with van der Waals surface area (Å²) in [5, 5.41) is 0.613. The number of carbonyl (C=O) groups excluding carboxylic acids is 1. The van der Waals surface area contributed by atoms with Crippen LogP contribution in [0.2, 0.25) is 5.02 Å². The van der Waals surface area contributed by atoms with Crippen LogP contribution in [-0.4, -0.2) is 33.4 Å². The van der Waals surface area contributed by atoms with Gasteiger partial charge in [0.05, 0.1) is 16.1 Å². The molecule has 0 unspecified atom stereocenters. The van der Waals surface area contributed by atoms with Crippen molar-refractivity contribution in [3.8, 4) is 0 Å². The van der Waals surface area contributed by atoms with Gasteiger partial charge in [-0.15, -0.1) is 0 Å². The smallest absolute Gasteiger partial charge is 0.224 e. The first kappa shape index (κ1) is 14.2. The average Bonchev–Trinajstić information content (AvgIpc) is 2.82. The first-order chi connectivity index (χ1) is 10.2. The molecular weight excluding hydrogens is 288 g/mol. The van der Waals surface area contributed by atoms with Gasteiger partial charge in [0.15, 0.2) is 0 Å². The lowest BCUT2D eigenvalue weighted by Gasteiger charge is -2.26. The van der Waals surface area contributed by atoms with Gasteiger partial charge in [-0.05, 0) is 31.4 Å². The standard InChI is InChI=1S/C15H19ClN4O/c16-11-5-4-6-12-14(11)20(15(17)18-12)10-7-13(21)19-8-2-1-3-9-19/h4-6H,1-3,7-10H2,(H2,17,18). The van der Waals surface area contributed by atoms with Crippen LogP contribution >= 0.6 is 11.6 Å². The minimum atomic E-state index is 0.183. The minimum Gasteiger partial charge on any atom is -0.369 e. The van der Waals surface area contributed by atoms with Gasteiger partial charge in [-0.2, -0.15) is 0 Å². The number of anilines is 1. The summed E-state index contributed by atoms with van der Waals surface area (Å²) >= 11 is 6.23. The van der Waals surface area contributed by atoms with E-state index in [1.54, 1.807) is 0 Å². The molecule has 21 heavy (non-hydrogen) atoms. The van der Waals surface area contributed by atoms with E-state index in [1.165, 1.54) is 6.42 Å². The van der Waals surface area contributed by atoms with Gasteiger partial charge in [0.25, 0.3) is 0 Å². The van der Waals surface area contributed by atoms with E-state index in [2.05, 4.69) is 4.98 Å². The molecule has 1 aliphatic rings. The van der Waals surface area contributed by atoms with Crippen LogP contribution in [0.15, 0.2) is 18.2 Å². The Labute approximate surface area is 128 Å². The van der Waals surface area contributed by atoms with Gasteiger partial charge >= 0.3 is 0 Å². The number of rotatable bonds is 3. The van der Waals surface area contributed by atoms with Crippen molar-refractivity contribution in [2.24, 2.45) is 0 Å². The molecule has 1 amide bonds. The van der Waals surface area contributed by atoms with Crippen LogP contribution in [0.4, 0.5) is 5.95 Å². The highest BCUT2D eigenvalue weighted by molar-refractivity contribution is 6.35. The molecule has 1 aromatic heterocycles. The summed E-state index contributed by atoms with van der Waals surface area (Å²) in [7, 11) is 0. The van der Waals surface area contributed by atoms with Crippen molar-refractivity contribution in [3.05, 3.63) is 23.2 Å². The Morgan fingerprint density at radius 1 is 1.29 bits per heavy atom. The predicted octanol–water partition coefficient (Wildman–Crippen LogP) is 2.67. The number of aryl methyl sites for hydroxylation is 1. The van der Waals surface area contributed by atoms with Crippen LogP contribution in [0.1, 0.15) is 25.7 Å². The third kappa shape index (κ3) is 2.83. The molecule has 6 heteroatoms. The molecule has 0 radical (unpaired) electrons. The number of para-hydroxylation sites is 1. The van der Waals surface area contributed by atoms with E-state index in [0.717, 1.165) is 37.0 Å². The Hall–Kier alpha value is -1.75. The van der Waals surface area contributed by atoms with E-state index in [1.807, 2.05) is 27.7 Å². The number of halogens is 1. The molecule has 1 aliphatic heterocycles. The lowest BCUT2D eigenvalue weighted by atomic mass is 10.1. The van der Waals surface area contributed by atoms with Gasteiger partial charge in [0.2, 0.25) is 11.9 Å². The molecule has 1 aromatic carbocycles. The van der Waals surface area contributed by atoms with Gasteiger partial charge in [-0.3, -0.25) is 4.79 Å². The van der Waals surface area contributed by atoms with Crippen LogP contribution in [0, 0.1) is 0 Å². The average molecular weight is 307 g/mol. The summed E-state index contributed by atoms with van der Waals surface area (Å²) in [6.07, 6.45) is 3.86. The SMILES string of the molecule is Nc1nc2cccc(Cl)c2n1CCC(=O)N1CCCCC1. The molecule has 1 saturated heterocycles. The molecule has 0 aliphatic carbocycles. The molecule has 2 N–H and O–H groups in total. The zero-order valence-corrected chi connectivity index (χ0v) is 12.6. The van der Waals surface area contributed by atoms with Crippen molar-refractivity contribution in [2.45, 2.75) is 32.2 Å². The topological polar surface area (TPSA) is 64.1 Å². The highest BCUT2D eigenvalue weighted by Gasteiger charge is 2.18. The Bertz CT molecular complexity index is 661. The van der Waals surface area contributed by atoms with Gasteiger partial charge in [-0.1, -0.05) is 17.7 Å². The number of benzene rings is 1. The second-order valence-corrected chi connectivity index (χ2v) is 5.83. The number of fused-ring (bicyclic) bond motifs is 1. The van der Waals surface area contributed by atoms with Crippen LogP contribution in [0.5, 0.6) is 0 Å². The Morgan fingerprint density at radius 3 is 2.81 bits per heavy atom. The number of likely N-dealkylation sites (tertiary alicyclic amines) is 1. The van der Waals surface area contributed by atoms with E-state index in [-0.39, 0.29) is 5.91 Å². The third-order valence-electron chi connectivity index (χ3n) is 4.00. The Balaban J connectivity index is 1.76. The zero-order valence-electron chi connectivity index (χ0n) is 11.9. The second-order valence-electron chi connectivity index (χ2n) is 5.42. The maximum atomic E-state index is 12.2. The molecule has 0 bridgehead atoms. The van der Waals surface area contributed by atoms with Crippen LogP contribution in [0.3, 0.4) is 0 Å². The fourth-order valence-electron chi connectivity index (χ4n) is 2.89. The Kier molecular flexibility index (Phi) is 4.01. The van der Waals surface area contributed by atoms with E-state index < -0.39 is 0 Å². The van der Waals surface area contributed by atoms with Crippen molar-refractivity contribution >= 4 is 34.5 Å². The minimum absolute atomic E-state index is 0.183. The van der Waals surface area contributed by atoms with E-state index in [9.17, 15) is 4.79 Å². The van der Waals surface area contributed by atoms with Crippen molar-refractivity contribution in [2.75, 3.05) is 18.8 Å². The molecular formula is C15H19ClN4O. The van der Waals surface area contributed by atoms with Crippen LogP contribution < -0.4 is 5.73 Å². The second kappa shape index (κ2) is 5.93. The number of piperidine rings is 1. The monoisotopic (exact) mass is 306 g/mol. The summed E-state index contributed by atoms with van der Waals surface area (Å²) < 4.78 is 1.83. The number of carbonyl (C=O) groups is 1. The van der Waals surface area contributed by atoms with Crippen LogP contribution in [-0.2, 0) is 11.3 Å². The van der Waals surface area contributed by atoms with Crippen molar-refractivity contribution in [3.63, 3.8) is 0 Å². The Morgan fingerprint density at radius 2 is 2.05 bits per heavy atom. The number of imidazole rings is 1. The quantitative estimate of drug-likeness (QED) is 0.948. The number of hydrogen-bond acceptors (Lipinski definition) is 3. The van der Waals surface area contributed by atoms with Crippen molar-refractivity contribution < 1.29 is 4.79 Å². The molecule has 3 rings (SSSR count). The number of aromatic nitrogens is 2. The highest BCUT2D eigenvalue weighted by atomic mass is 35.5.